The van der Waals surface area contributed by atoms with Gasteiger partial charge in [-0.1, -0.05) is 4.72 Å². The van der Waals surface area contributed by atoms with E-state index >= 15 is 0 Å². The number of piperazine rings is 1. The fraction of sp³-hybridized carbons (Fsp3) is 0.316. The molecule has 1 aliphatic heterocycles. The summed E-state index contributed by atoms with van der Waals surface area (Å²) in [5, 5.41) is 0. The molecule has 1 aromatic carbocycles. The summed E-state index contributed by atoms with van der Waals surface area (Å²) in [7, 11) is 0. The van der Waals surface area contributed by atoms with E-state index in [2.05, 4.69) is 9.71 Å². The van der Waals surface area contributed by atoms with Crippen LogP contribution in [-0.2, 0) is 22.2 Å². The maximum absolute atomic E-state index is 12.7. The van der Waals surface area contributed by atoms with Gasteiger partial charge in [0.2, 0.25) is 0 Å². The number of hydrogen-bond acceptors (Lipinski definition) is 4. The van der Waals surface area contributed by atoms with Crippen LogP contribution in [0.3, 0.4) is 0 Å². The summed E-state index contributed by atoms with van der Waals surface area (Å²) >= 11 is 0.221. The van der Waals surface area contributed by atoms with Crippen LogP contribution in [0.1, 0.15) is 32.0 Å². The Balaban J connectivity index is 1.61. The van der Waals surface area contributed by atoms with Gasteiger partial charge in [-0.15, -0.1) is 0 Å². The first-order valence-corrected chi connectivity index (χ1v) is 9.72. The number of amides is 2. The number of carbonyl (C=O) groups is 2. The van der Waals surface area contributed by atoms with Crippen molar-refractivity contribution < 1.29 is 27.0 Å². The van der Waals surface area contributed by atoms with Crippen molar-refractivity contribution >= 4 is 29.4 Å². The molecule has 30 heavy (non-hydrogen) atoms. The van der Waals surface area contributed by atoms with E-state index in [9.17, 15) is 27.0 Å². The maximum Gasteiger partial charge on any atom is 0.624 e. The molecule has 1 saturated heterocycles. The van der Waals surface area contributed by atoms with E-state index < -0.39 is 17.6 Å². The molecule has 158 valence electrons. The average Bonchev–Trinajstić information content (AvgIpc) is 2.74. The van der Waals surface area contributed by atoms with Crippen molar-refractivity contribution in [1.82, 2.24) is 14.8 Å². The number of carbonyl (C=O) groups excluding carboxylic acids is 2. The number of nitrogens with one attached hydrogen (secondary N) is 1. The van der Waals surface area contributed by atoms with Gasteiger partial charge in [0.1, 0.15) is 5.69 Å². The topological polar surface area (TPSA) is 82.6 Å². The minimum absolute atomic E-state index is 0.0715. The third kappa shape index (κ3) is 4.73. The SMILES string of the molecule is Cc1cc(C(=O)N2CCN(C(=O)c3ccc(C(F)(F)F)cn3)CC2)ccc1N[S+]=O. The summed E-state index contributed by atoms with van der Waals surface area (Å²) < 4.78 is 51.1. The minimum Gasteiger partial charge on any atom is -0.335 e. The summed E-state index contributed by atoms with van der Waals surface area (Å²) in [5.41, 5.74) is 0.869. The van der Waals surface area contributed by atoms with Gasteiger partial charge in [0.05, 0.1) is 15.5 Å². The van der Waals surface area contributed by atoms with Crippen LogP contribution in [0.25, 0.3) is 0 Å². The van der Waals surface area contributed by atoms with Crippen LogP contribution in [0.4, 0.5) is 18.9 Å². The first-order chi connectivity index (χ1) is 14.2. The number of hydrogen-bond donors (Lipinski definition) is 1. The quantitative estimate of drug-likeness (QED) is 0.587. The molecule has 1 N–H and O–H groups in total. The second kappa shape index (κ2) is 8.74. The Morgan fingerprint density at radius 3 is 2.17 bits per heavy atom. The summed E-state index contributed by atoms with van der Waals surface area (Å²) in [5.74, 6) is -0.670. The van der Waals surface area contributed by atoms with Crippen LogP contribution in [-0.4, -0.2) is 52.8 Å². The number of anilines is 1. The van der Waals surface area contributed by atoms with Crippen molar-refractivity contribution in [2.24, 2.45) is 0 Å². The van der Waals surface area contributed by atoms with Gasteiger partial charge in [0, 0.05) is 37.9 Å². The Morgan fingerprint density at radius 2 is 1.67 bits per heavy atom. The summed E-state index contributed by atoms with van der Waals surface area (Å²) in [6.45, 7) is 2.86. The molecule has 0 bridgehead atoms. The summed E-state index contributed by atoms with van der Waals surface area (Å²) in [6, 6.07) is 6.85. The standard InChI is InChI=1S/C19H17F3N4O3S/c1-12-10-13(2-4-15(12)24-30-29)17(27)25-6-8-26(9-7-25)18(28)16-5-3-14(11-23-16)19(20,21)22/h2-5,10-11H,6-9H2,1H3/p+1. The van der Waals surface area contributed by atoms with E-state index in [1.54, 1.807) is 30.0 Å². The van der Waals surface area contributed by atoms with Crippen LogP contribution in [0.2, 0.25) is 0 Å². The van der Waals surface area contributed by atoms with Gasteiger partial charge in [0.15, 0.2) is 0 Å². The summed E-state index contributed by atoms with van der Waals surface area (Å²) in [6.07, 6.45) is -3.87. The van der Waals surface area contributed by atoms with E-state index in [-0.39, 0.29) is 36.5 Å². The molecule has 11 heteroatoms. The first kappa shape index (κ1) is 21.6. The van der Waals surface area contributed by atoms with Crippen LogP contribution >= 0.6 is 0 Å². The zero-order valence-electron chi connectivity index (χ0n) is 15.9. The van der Waals surface area contributed by atoms with Crippen LogP contribution < -0.4 is 4.72 Å². The number of pyridine rings is 1. The number of halogens is 3. The molecular weight excluding hydrogens is 421 g/mol. The Kier molecular flexibility index (Phi) is 6.30. The highest BCUT2D eigenvalue weighted by molar-refractivity contribution is 7.67. The number of rotatable bonds is 4. The fourth-order valence-electron chi connectivity index (χ4n) is 3.10. The Morgan fingerprint density at radius 1 is 1.03 bits per heavy atom. The minimum atomic E-state index is -4.51. The van der Waals surface area contributed by atoms with Crippen LogP contribution in [0.15, 0.2) is 36.5 Å². The number of alkyl halides is 3. The van der Waals surface area contributed by atoms with E-state index in [1.807, 2.05) is 0 Å². The molecule has 0 saturated carbocycles. The zero-order chi connectivity index (χ0) is 21.9. The zero-order valence-corrected chi connectivity index (χ0v) is 16.7. The van der Waals surface area contributed by atoms with Crippen molar-refractivity contribution in [3.05, 3.63) is 58.9 Å². The predicted octanol–water partition coefficient (Wildman–Crippen LogP) is 2.76. The third-order valence-corrected chi connectivity index (χ3v) is 5.09. The van der Waals surface area contributed by atoms with Crippen molar-refractivity contribution in [3.8, 4) is 0 Å². The Hall–Kier alpha value is -3.08. The number of aryl methyl sites for hydroxylation is 1. The normalized spacial score (nSPS) is 14.4. The summed E-state index contributed by atoms with van der Waals surface area (Å²) in [4.78, 5) is 31.9. The molecule has 0 spiro atoms. The fourth-order valence-corrected chi connectivity index (χ4v) is 3.42. The second-order valence-corrected chi connectivity index (χ2v) is 7.10. The Labute approximate surface area is 174 Å². The first-order valence-electron chi connectivity index (χ1n) is 8.98. The van der Waals surface area contributed by atoms with E-state index in [0.717, 1.165) is 17.7 Å². The molecule has 2 heterocycles. The molecule has 0 atom stereocenters. The lowest BCUT2D eigenvalue weighted by Gasteiger charge is -2.34. The highest BCUT2D eigenvalue weighted by Gasteiger charge is 2.32. The molecule has 2 amide bonds. The number of nitrogens with zero attached hydrogens (tertiary/aromatic N) is 3. The smallest absolute Gasteiger partial charge is 0.335 e. The molecule has 0 aliphatic carbocycles. The molecule has 1 aliphatic rings. The third-order valence-electron chi connectivity index (χ3n) is 4.79. The van der Waals surface area contributed by atoms with E-state index in [4.69, 9.17) is 0 Å². The van der Waals surface area contributed by atoms with E-state index in [1.165, 1.54) is 4.90 Å². The lowest BCUT2D eigenvalue weighted by Crippen LogP contribution is -2.50. The molecule has 2 aromatic rings. The monoisotopic (exact) mass is 439 g/mol. The van der Waals surface area contributed by atoms with Crippen LogP contribution in [0.5, 0.6) is 0 Å². The highest BCUT2D eigenvalue weighted by Crippen LogP contribution is 2.28. The predicted molar refractivity (Wildman–Crippen MR) is 104 cm³/mol. The Bertz CT molecular complexity index is 958. The molecule has 1 aromatic heterocycles. The van der Waals surface area contributed by atoms with Gasteiger partial charge in [-0.05, 0) is 42.8 Å². The molecule has 1 fully saturated rings. The lowest BCUT2D eigenvalue weighted by molar-refractivity contribution is -0.137. The van der Waals surface area contributed by atoms with Crippen molar-refractivity contribution in [2.45, 2.75) is 13.1 Å². The van der Waals surface area contributed by atoms with Gasteiger partial charge in [-0.25, -0.2) is 0 Å². The highest BCUT2D eigenvalue weighted by atomic mass is 32.2. The maximum atomic E-state index is 12.7. The van der Waals surface area contributed by atoms with Gasteiger partial charge < -0.3 is 9.80 Å². The molecule has 3 rings (SSSR count). The number of aromatic nitrogens is 1. The molecule has 7 nitrogen and oxygen atoms in total. The lowest BCUT2D eigenvalue weighted by atomic mass is 10.1. The van der Waals surface area contributed by atoms with Crippen molar-refractivity contribution in [2.75, 3.05) is 30.9 Å². The van der Waals surface area contributed by atoms with Gasteiger partial charge in [-0.2, -0.15) is 13.2 Å². The van der Waals surface area contributed by atoms with Gasteiger partial charge in [-0.3, -0.25) is 14.6 Å². The van der Waals surface area contributed by atoms with Gasteiger partial charge >= 0.3 is 18.0 Å². The largest absolute Gasteiger partial charge is 0.624 e. The molecular formula is C19H18F3N4O3S+. The number of benzene rings is 1. The second-order valence-electron chi connectivity index (χ2n) is 6.73. The average molecular weight is 439 g/mol. The van der Waals surface area contributed by atoms with Gasteiger partial charge in [0.25, 0.3) is 11.8 Å². The molecule has 0 unspecified atom stereocenters. The molecule has 0 radical (unpaired) electrons. The van der Waals surface area contributed by atoms with Crippen molar-refractivity contribution in [3.63, 3.8) is 0 Å². The van der Waals surface area contributed by atoms with E-state index in [0.29, 0.717) is 30.5 Å². The van der Waals surface area contributed by atoms with Crippen LogP contribution in [0, 0.1) is 6.92 Å². The van der Waals surface area contributed by atoms with Crippen molar-refractivity contribution in [1.29, 1.82) is 0 Å².